The molecule has 0 fully saturated rings. The van der Waals surface area contributed by atoms with Crippen molar-refractivity contribution >= 4 is 17.5 Å². The maximum atomic E-state index is 11.9. The van der Waals surface area contributed by atoms with Crippen LogP contribution in [0.15, 0.2) is 6.07 Å². The lowest BCUT2D eigenvalue weighted by molar-refractivity contribution is -0.128. The molecule has 0 aliphatic rings. The predicted octanol–water partition coefficient (Wildman–Crippen LogP) is 1.46. The summed E-state index contributed by atoms with van der Waals surface area (Å²) < 4.78 is 0. The van der Waals surface area contributed by atoms with E-state index in [1.54, 1.807) is 11.0 Å². The third kappa shape index (κ3) is 4.39. The largest absolute Gasteiger partial charge is 0.384 e. The van der Waals surface area contributed by atoms with E-state index in [1.807, 2.05) is 27.7 Å². The lowest BCUT2D eigenvalue weighted by Gasteiger charge is -2.19. The van der Waals surface area contributed by atoms with Crippen LogP contribution in [0.4, 0.5) is 11.6 Å². The summed E-state index contributed by atoms with van der Waals surface area (Å²) in [6.07, 6.45) is 0. The van der Waals surface area contributed by atoms with E-state index in [1.165, 1.54) is 0 Å². The Bertz CT molecular complexity index is 429. The summed E-state index contributed by atoms with van der Waals surface area (Å²) in [6, 6.07) is 1.64. The summed E-state index contributed by atoms with van der Waals surface area (Å²) in [4.78, 5) is 22.1. The molecular weight excluding hydrogens is 242 g/mol. The van der Waals surface area contributed by atoms with Gasteiger partial charge in [0.15, 0.2) is 0 Å². The average molecular weight is 265 g/mol. The molecule has 0 aliphatic carbocycles. The number of likely N-dealkylation sites (N-methyl/N-ethyl adjacent to an activating group) is 1. The summed E-state index contributed by atoms with van der Waals surface area (Å²) in [7, 11) is 0. The summed E-state index contributed by atoms with van der Waals surface area (Å²) in [5.41, 5.74) is 5.73. The Balaban J connectivity index is 2.70. The molecule has 0 atom stereocenters. The lowest BCUT2D eigenvalue weighted by Crippen LogP contribution is -2.35. The number of rotatable bonds is 6. The van der Waals surface area contributed by atoms with Gasteiger partial charge in [0.25, 0.3) is 0 Å². The molecule has 0 saturated heterocycles. The molecule has 1 heterocycles. The zero-order valence-electron chi connectivity index (χ0n) is 12.1. The molecule has 0 unspecified atom stereocenters. The smallest absolute Gasteiger partial charge is 0.241 e. The van der Waals surface area contributed by atoms with E-state index >= 15 is 0 Å². The zero-order valence-corrected chi connectivity index (χ0v) is 12.1. The second kappa shape index (κ2) is 6.92. The van der Waals surface area contributed by atoms with Crippen LogP contribution in [0.1, 0.15) is 39.4 Å². The topological polar surface area (TPSA) is 84.1 Å². The first-order valence-corrected chi connectivity index (χ1v) is 6.64. The average Bonchev–Trinajstić information content (AvgIpc) is 2.37. The van der Waals surface area contributed by atoms with Crippen LogP contribution in [0, 0.1) is 0 Å². The second-order valence-electron chi connectivity index (χ2n) is 4.61. The molecule has 6 heteroatoms. The molecular formula is C13H23N5O. The van der Waals surface area contributed by atoms with Crippen molar-refractivity contribution in [3.8, 4) is 0 Å². The van der Waals surface area contributed by atoms with E-state index in [0.29, 0.717) is 30.5 Å². The minimum absolute atomic E-state index is 0.0493. The molecule has 1 aromatic heterocycles. The highest BCUT2D eigenvalue weighted by Gasteiger charge is 2.11. The van der Waals surface area contributed by atoms with Crippen LogP contribution in [-0.4, -0.2) is 40.4 Å². The van der Waals surface area contributed by atoms with E-state index < -0.39 is 0 Å². The molecule has 0 spiro atoms. The van der Waals surface area contributed by atoms with Crippen molar-refractivity contribution in [2.24, 2.45) is 0 Å². The number of nitrogens with zero attached hydrogens (tertiary/aromatic N) is 3. The first kappa shape index (κ1) is 15.2. The molecule has 6 nitrogen and oxygen atoms in total. The van der Waals surface area contributed by atoms with Gasteiger partial charge in [-0.25, -0.2) is 9.97 Å². The Labute approximate surface area is 114 Å². The molecule has 0 aliphatic heterocycles. The Morgan fingerprint density at radius 2 is 2.00 bits per heavy atom. The zero-order chi connectivity index (χ0) is 14.4. The second-order valence-corrected chi connectivity index (χ2v) is 4.61. The lowest BCUT2D eigenvalue weighted by atomic mass is 10.2. The SMILES string of the molecule is CCN(CC)C(=O)CNc1cc(N)nc(C(C)C)n1. The quantitative estimate of drug-likeness (QED) is 0.813. The molecule has 19 heavy (non-hydrogen) atoms. The number of carbonyl (C=O) groups excluding carboxylic acids is 1. The van der Waals surface area contributed by atoms with Gasteiger partial charge in [0.2, 0.25) is 5.91 Å². The molecule has 0 aromatic carbocycles. The predicted molar refractivity (Wildman–Crippen MR) is 77.0 cm³/mol. The van der Waals surface area contributed by atoms with Gasteiger partial charge in [-0.05, 0) is 13.8 Å². The fourth-order valence-electron chi connectivity index (χ4n) is 1.69. The number of anilines is 2. The maximum Gasteiger partial charge on any atom is 0.241 e. The highest BCUT2D eigenvalue weighted by atomic mass is 16.2. The van der Waals surface area contributed by atoms with Gasteiger partial charge in [0.1, 0.15) is 17.5 Å². The molecule has 0 saturated carbocycles. The van der Waals surface area contributed by atoms with Crippen molar-refractivity contribution in [2.45, 2.75) is 33.6 Å². The maximum absolute atomic E-state index is 11.9. The fourth-order valence-corrected chi connectivity index (χ4v) is 1.69. The summed E-state index contributed by atoms with van der Waals surface area (Å²) in [5, 5.41) is 3.01. The first-order valence-electron chi connectivity index (χ1n) is 6.64. The van der Waals surface area contributed by atoms with E-state index in [2.05, 4.69) is 15.3 Å². The van der Waals surface area contributed by atoms with Crippen molar-refractivity contribution in [2.75, 3.05) is 30.7 Å². The van der Waals surface area contributed by atoms with Gasteiger partial charge in [0.05, 0.1) is 6.54 Å². The van der Waals surface area contributed by atoms with Gasteiger partial charge >= 0.3 is 0 Å². The van der Waals surface area contributed by atoms with Crippen molar-refractivity contribution in [3.63, 3.8) is 0 Å². The third-order valence-electron chi connectivity index (χ3n) is 2.82. The van der Waals surface area contributed by atoms with E-state index in [4.69, 9.17) is 5.73 Å². The highest BCUT2D eigenvalue weighted by Crippen LogP contribution is 2.14. The number of hydrogen-bond acceptors (Lipinski definition) is 5. The van der Waals surface area contributed by atoms with Gasteiger partial charge in [-0.3, -0.25) is 4.79 Å². The normalized spacial score (nSPS) is 10.6. The van der Waals surface area contributed by atoms with Crippen LogP contribution >= 0.6 is 0 Å². The fraction of sp³-hybridized carbons (Fsp3) is 0.615. The van der Waals surface area contributed by atoms with E-state index in [-0.39, 0.29) is 18.4 Å². The minimum Gasteiger partial charge on any atom is -0.384 e. The number of nitrogens with one attached hydrogen (secondary N) is 1. The Hall–Kier alpha value is -1.85. The molecule has 0 radical (unpaired) electrons. The van der Waals surface area contributed by atoms with Crippen LogP contribution in [0.3, 0.4) is 0 Å². The Kier molecular flexibility index (Phi) is 5.54. The number of aromatic nitrogens is 2. The molecule has 1 amide bonds. The van der Waals surface area contributed by atoms with E-state index in [0.717, 1.165) is 0 Å². The van der Waals surface area contributed by atoms with Gasteiger partial charge < -0.3 is 16.0 Å². The number of carbonyl (C=O) groups is 1. The van der Waals surface area contributed by atoms with Gasteiger partial charge in [0, 0.05) is 25.1 Å². The molecule has 106 valence electrons. The van der Waals surface area contributed by atoms with Crippen molar-refractivity contribution in [3.05, 3.63) is 11.9 Å². The van der Waals surface area contributed by atoms with Crippen LogP contribution in [-0.2, 0) is 4.79 Å². The van der Waals surface area contributed by atoms with E-state index in [9.17, 15) is 4.79 Å². The van der Waals surface area contributed by atoms with Crippen molar-refractivity contribution < 1.29 is 4.79 Å². The highest BCUT2D eigenvalue weighted by molar-refractivity contribution is 5.80. The summed E-state index contributed by atoms with van der Waals surface area (Å²) >= 11 is 0. The molecule has 1 aromatic rings. The molecule has 1 rings (SSSR count). The number of hydrogen-bond donors (Lipinski definition) is 2. The Morgan fingerprint density at radius 1 is 1.37 bits per heavy atom. The standard InChI is InChI=1S/C13H23N5O/c1-5-18(6-2)12(19)8-15-11-7-10(14)16-13(17-11)9(3)4/h7,9H,5-6,8H2,1-4H3,(H3,14,15,16,17). The number of nitrogens with two attached hydrogens (primary N) is 1. The summed E-state index contributed by atoms with van der Waals surface area (Å²) in [5.74, 6) is 1.93. The Morgan fingerprint density at radius 3 is 2.53 bits per heavy atom. The van der Waals surface area contributed by atoms with Crippen molar-refractivity contribution in [1.29, 1.82) is 0 Å². The van der Waals surface area contributed by atoms with Crippen molar-refractivity contribution in [1.82, 2.24) is 14.9 Å². The van der Waals surface area contributed by atoms with Gasteiger partial charge in [-0.1, -0.05) is 13.8 Å². The van der Waals surface area contributed by atoms with Crippen LogP contribution in [0.25, 0.3) is 0 Å². The third-order valence-corrected chi connectivity index (χ3v) is 2.82. The van der Waals surface area contributed by atoms with Gasteiger partial charge in [-0.15, -0.1) is 0 Å². The number of amides is 1. The number of nitrogen functional groups attached to an aromatic ring is 1. The minimum atomic E-state index is 0.0493. The molecule has 3 N–H and O–H groups in total. The molecule has 0 bridgehead atoms. The monoisotopic (exact) mass is 265 g/mol. The first-order chi connectivity index (χ1) is 8.97. The van der Waals surface area contributed by atoms with Gasteiger partial charge in [-0.2, -0.15) is 0 Å². The van der Waals surface area contributed by atoms with Crippen LogP contribution < -0.4 is 11.1 Å². The van der Waals surface area contributed by atoms with Crippen LogP contribution in [0.2, 0.25) is 0 Å². The summed E-state index contributed by atoms with van der Waals surface area (Å²) in [6.45, 7) is 9.55. The van der Waals surface area contributed by atoms with Crippen LogP contribution in [0.5, 0.6) is 0 Å².